The molecule has 1 aromatic rings. The molecule has 0 saturated carbocycles. The molecule has 76 valence electrons. The van der Waals surface area contributed by atoms with E-state index in [0.717, 1.165) is 18.5 Å². The maximum absolute atomic E-state index is 10.4. The highest BCUT2D eigenvalue weighted by atomic mass is 35.5. The molecule has 2 unspecified atom stereocenters. The standard InChI is InChI=1S/C11H14ClNO/c1-8-11(14,5-6-13-8)9-3-2-4-10(12)7-9/h2-4,7-8,13-14H,5-6H2,1H3. The molecule has 14 heavy (non-hydrogen) atoms. The van der Waals surface area contributed by atoms with Crippen molar-refractivity contribution in [3.8, 4) is 0 Å². The Hall–Kier alpha value is -0.570. The first-order valence-corrected chi connectivity index (χ1v) is 5.22. The fourth-order valence-corrected chi connectivity index (χ4v) is 2.21. The summed E-state index contributed by atoms with van der Waals surface area (Å²) in [5, 5.41) is 14.3. The van der Waals surface area contributed by atoms with Gasteiger partial charge in [0.15, 0.2) is 0 Å². The van der Waals surface area contributed by atoms with Crippen molar-refractivity contribution in [3.63, 3.8) is 0 Å². The van der Waals surface area contributed by atoms with Crippen LogP contribution in [0.25, 0.3) is 0 Å². The number of nitrogens with one attached hydrogen (secondary N) is 1. The summed E-state index contributed by atoms with van der Waals surface area (Å²) in [5.74, 6) is 0. The highest BCUT2D eigenvalue weighted by Crippen LogP contribution is 2.33. The predicted molar refractivity (Wildman–Crippen MR) is 57.4 cm³/mol. The SMILES string of the molecule is CC1NCCC1(O)c1cccc(Cl)c1. The molecule has 1 fully saturated rings. The van der Waals surface area contributed by atoms with Crippen molar-refractivity contribution < 1.29 is 5.11 Å². The molecule has 0 spiro atoms. The molecule has 2 N–H and O–H groups in total. The van der Waals surface area contributed by atoms with Crippen LogP contribution in [0.1, 0.15) is 18.9 Å². The maximum atomic E-state index is 10.4. The van der Waals surface area contributed by atoms with E-state index in [4.69, 9.17) is 11.6 Å². The lowest BCUT2D eigenvalue weighted by molar-refractivity contribution is 0.0293. The Morgan fingerprint density at radius 2 is 2.36 bits per heavy atom. The van der Waals surface area contributed by atoms with Crippen LogP contribution in [0.3, 0.4) is 0 Å². The summed E-state index contributed by atoms with van der Waals surface area (Å²) in [6.07, 6.45) is 0.745. The van der Waals surface area contributed by atoms with Gasteiger partial charge in [0, 0.05) is 11.1 Å². The number of rotatable bonds is 1. The molecule has 1 aliphatic heterocycles. The molecule has 0 radical (unpaired) electrons. The zero-order valence-electron chi connectivity index (χ0n) is 8.13. The van der Waals surface area contributed by atoms with Crippen molar-refractivity contribution in [2.75, 3.05) is 6.54 Å². The third kappa shape index (κ3) is 1.54. The first-order valence-electron chi connectivity index (χ1n) is 4.85. The largest absolute Gasteiger partial charge is 0.383 e. The summed E-state index contributed by atoms with van der Waals surface area (Å²) in [7, 11) is 0. The summed E-state index contributed by atoms with van der Waals surface area (Å²) in [6, 6.07) is 7.55. The number of aliphatic hydroxyl groups is 1. The van der Waals surface area contributed by atoms with E-state index < -0.39 is 5.60 Å². The summed E-state index contributed by atoms with van der Waals surface area (Å²) >= 11 is 5.90. The topological polar surface area (TPSA) is 32.3 Å². The molecule has 0 aliphatic carbocycles. The van der Waals surface area contributed by atoms with Gasteiger partial charge in [-0.2, -0.15) is 0 Å². The van der Waals surface area contributed by atoms with Crippen LogP contribution in [0.4, 0.5) is 0 Å². The van der Waals surface area contributed by atoms with Gasteiger partial charge in [-0.25, -0.2) is 0 Å². The molecule has 0 amide bonds. The Balaban J connectivity index is 2.38. The second-order valence-corrected chi connectivity index (χ2v) is 4.30. The number of hydrogen-bond donors (Lipinski definition) is 2. The van der Waals surface area contributed by atoms with E-state index >= 15 is 0 Å². The molecule has 2 nitrogen and oxygen atoms in total. The molecular formula is C11H14ClNO. The Kier molecular flexibility index (Phi) is 2.52. The number of hydrogen-bond acceptors (Lipinski definition) is 2. The van der Waals surface area contributed by atoms with E-state index in [9.17, 15) is 5.11 Å². The molecule has 2 atom stereocenters. The predicted octanol–water partition coefficient (Wildman–Crippen LogP) is 1.91. The fraction of sp³-hybridized carbons (Fsp3) is 0.455. The van der Waals surface area contributed by atoms with Crippen LogP contribution in [-0.2, 0) is 5.60 Å². The van der Waals surface area contributed by atoms with Gasteiger partial charge in [0.05, 0.1) is 0 Å². The average molecular weight is 212 g/mol. The van der Waals surface area contributed by atoms with Crippen molar-refractivity contribution in [2.24, 2.45) is 0 Å². The highest BCUT2D eigenvalue weighted by Gasteiger charge is 2.39. The van der Waals surface area contributed by atoms with Gasteiger partial charge in [-0.3, -0.25) is 0 Å². The summed E-state index contributed by atoms with van der Waals surface area (Å²) < 4.78 is 0. The third-order valence-electron chi connectivity index (χ3n) is 3.00. The number of halogens is 1. The first-order chi connectivity index (χ1) is 6.63. The fourth-order valence-electron chi connectivity index (χ4n) is 2.02. The second kappa shape index (κ2) is 3.54. The van der Waals surface area contributed by atoms with Gasteiger partial charge in [0.2, 0.25) is 0 Å². The van der Waals surface area contributed by atoms with Gasteiger partial charge < -0.3 is 10.4 Å². The van der Waals surface area contributed by atoms with Gasteiger partial charge in [0.1, 0.15) is 5.60 Å². The van der Waals surface area contributed by atoms with E-state index in [1.807, 2.05) is 31.2 Å². The minimum atomic E-state index is -0.759. The Morgan fingerprint density at radius 3 is 2.93 bits per heavy atom. The van der Waals surface area contributed by atoms with E-state index in [0.29, 0.717) is 5.02 Å². The zero-order chi connectivity index (χ0) is 10.2. The first kappa shape index (κ1) is 9.97. The van der Waals surface area contributed by atoms with Crippen LogP contribution in [0.5, 0.6) is 0 Å². The van der Waals surface area contributed by atoms with Crippen molar-refractivity contribution >= 4 is 11.6 Å². The quantitative estimate of drug-likeness (QED) is 0.744. The minimum absolute atomic E-state index is 0.0842. The number of benzene rings is 1. The van der Waals surface area contributed by atoms with E-state index in [-0.39, 0.29) is 6.04 Å². The van der Waals surface area contributed by atoms with Crippen molar-refractivity contribution in [1.82, 2.24) is 5.32 Å². The molecule has 3 heteroatoms. The van der Waals surface area contributed by atoms with Crippen molar-refractivity contribution in [3.05, 3.63) is 34.9 Å². The van der Waals surface area contributed by atoms with Crippen LogP contribution >= 0.6 is 11.6 Å². The molecule has 0 aromatic heterocycles. The van der Waals surface area contributed by atoms with E-state index in [1.54, 1.807) is 0 Å². The monoisotopic (exact) mass is 211 g/mol. The van der Waals surface area contributed by atoms with Crippen LogP contribution in [0.2, 0.25) is 5.02 Å². The second-order valence-electron chi connectivity index (χ2n) is 3.86. The van der Waals surface area contributed by atoms with E-state index in [1.165, 1.54) is 0 Å². The Labute approximate surface area is 88.9 Å². The summed E-state index contributed by atoms with van der Waals surface area (Å²) in [4.78, 5) is 0. The molecule has 1 saturated heterocycles. The van der Waals surface area contributed by atoms with E-state index in [2.05, 4.69) is 5.32 Å². The maximum Gasteiger partial charge on any atom is 0.106 e. The highest BCUT2D eigenvalue weighted by molar-refractivity contribution is 6.30. The van der Waals surface area contributed by atoms with Crippen LogP contribution in [-0.4, -0.2) is 17.7 Å². The third-order valence-corrected chi connectivity index (χ3v) is 3.23. The lowest BCUT2D eigenvalue weighted by Gasteiger charge is -2.27. The van der Waals surface area contributed by atoms with Gasteiger partial charge in [0.25, 0.3) is 0 Å². The van der Waals surface area contributed by atoms with Gasteiger partial charge in [-0.05, 0) is 37.6 Å². The Morgan fingerprint density at radius 1 is 1.57 bits per heavy atom. The molecule has 0 bridgehead atoms. The van der Waals surface area contributed by atoms with Crippen molar-refractivity contribution in [2.45, 2.75) is 25.0 Å². The molecule has 2 rings (SSSR count). The zero-order valence-corrected chi connectivity index (χ0v) is 8.88. The van der Waals surface area contributed by atoms with Crippen LogP contribution in [0, 0.1) is 0 Å². The van der Waals surface area contributed by atoms with Crippen LogP contribution in [0.15, 0.2) is 24.3 Å². The molecule has 1 heterocycles. The van der Waals surface area contributed by atoms with Gasteiger partial charge in [-0.15, -0.1) is 0 Å². The van der Waals surface area contributed by atoms with Crippen molar-refractivity contribution in [1.29, 1.82) is 0 Å². The average Bonchev–Trinajstić information content (AvgIpc) is 2.49. The molecular weight excluding hydrogens is 198 g/mol. The lowest BCUT2D eigenvalue weighted by Crippen LogP contribution is -2.37. The normalized spacial score (nSPS) is 32.1. The van der Waals surface area contributed by atoms with Gasteiger partial charge >= 0.3 is 0 Å². The summed E-state index contributed by atoms with van der Waals surface area (Å²) in [5.41, 5.74) is 0.146. The lowest BCUT2D eigenvalue weighted by atomic mass is 9.87. The molecule has 1 aliphatic rings. The minimum Gasteiger partial charge on any atom is -0.383 e. The molecule has 1 aromatic carbocycles. The Bertz CT molecular complexity index is 342. The van der Waals surface area contributed by atoms with Crippen LogP contribution < -0.4 is 5.32 Å². The van der Waals surface area contributed by atoms with Gasteiger partial charge in [-0.1, -0.05) is 23.7 Å². The summed E-state index contributed by atoms with van der Waals surface area (Å²) in [6.45, 7) is 2.85. The smallest absolute Gasteiger partial charge is 0.106 e.